The number of hydrogen-bond acceptors (Lipinski definition) is 2. The van der Waals surface area contributed by atoms with Crippen LogP contribution in [0.5, 0.6) is 0 Å². The highest BCUT2D eigenvalue weighted by Crippen LogP contribution is 2.21. The molecule has 2 rings (SSSR count). The van der Waals surface area contributed by atoms with Crippen LogP contribution >= 0.6 is 23.2 Å². The molecule has 19 heavy (non-hydrogen) atoms. The molecule has 2 aromatic carbocycles. The number of ether oxygens (including phenoxy) is 1. The highest BCUT2D eigenvalue weighted by atomic mass is 35.5. The summed E-state index contributed by atoms with van der Waals surface area (Å²) in [7, 11) is 0. The molecule has 0 fully saturated rings. The van der Waals surface area contributed by atoms with Gasteiger partial charge in [0.25, 0.3) is 0 Å². The van der Waals surface area contributed by atoms with E-state index in [1.165, 1.54) is 0 Å². The zero-order chi connectivity index (χ0) is 13.7. The second-order valence-electron chi connectivity index (χ2n) is 4.24. The van der Waals surface area contributed by atoms with Crippen molar-refractivity contribution in [3.05, 3.63) is 63.6 Å². The molecule has 0 aromatic heterocycles. The predicted molar refractivity (Wildman–Crippen MR) is 80.7 cm³/mol. The van der Waals surface area contributed by atoms with Crippen LogP contribution in [0.3, 0.4) is 0 Å². The van der Waals surface area contributed by atoms with Crippen molar-refractivity contribution in [1.82, 2.24) is 0 Å². The lowest BCUT2D eigenvalue weighted by Gasteiger charge is -2.08. The third-order valence-electron chi connectivity index (χ3n) is 2.84. The Morgan fingerprint density at radius 1 is 1.00 bits per heavy atom. The number of anilines is 1. The number of hydrogen-bond donors (Lipinski definition) is 1. The van der Waals surface area contributed by atoms with Gasteiger partial charge < -0.3 is 10.5 Å². The van der Waals surface area contributed by atoms with Crippen LogP contribution in [0.15, 0.2) is 42.5 Å². The third-order valence-corrected chi connectivity index (χ3v) is 3.43. The summed E-state index contributed by atoms with van der Waals surface area (Å²) < 4.78 is 5.62. The molecule has 2 aromatic rings. The first-order valence-electron chi connectivity index (χ1n) is 6.02. The SMILES string of the molecule is Nc1ccccc1CCOCc1ccc(Cl)cc1Cl. The summed E-state index contributed by atoms with van der Waals surface area (Å²) in [5.74, 6) is 0. The van der Waals surface area contributed by atoms with Gasteiger partial charge in [-0.15, -0.1) is 0 Å². The first-order chi connectivity index (χ1) is 9.16. The molecule has 0 unspecified atom stereocenters. The van der Waals surface area contributed by atoms with Crippen molar-refractivity contribution in [2.45, 2.75) is 13.0 Å². The van der Waals surface area contributed by atoms with Crippen LogP contribution in [0.25, 0.3) is 0 Å². The van der Waals surface area contributed by atoms with Crippen molar-refractivity contribution in [2.24, 2.45) is 0 Å². The van der Waals surface area contributed by atoms with Gasteiger partial charge in [0.05, 0.1) is 13.2 Å². The smallest absolute Gasteiger partial charge is 0.0731 e. The quantitative estimate of drug-likeness (QED) is 0.658. The van der Waals surface area contributed by atoms with E-state index in [0.717, 1.165) is 23.2 Å². The number of benzene rings is 2. The number of nitrogen functional groups attached to an aromatic ring is 1. The van der Waals surface area contributed by atoms with Gasteiger partial charge in [0.15, 0.2) is 0 Å². The summed E-state index contributed by atoms with van der Waals surface area (Å²) >= 11 is 11.9. The van der Waals surface area contributed by atoms with E-state index < -0.39 is 0 Å². The van der Waals surface area contributed by atoms with Crippen molar-refractivity contribution in [1.29, 1.82) is 0 Å². The number of para-hydroxylation sites is 1. The Morgan fingerprint density at radius 3 is 2.53 bits per heavy atom. The molecule has 0 heterocycles. The van der Waals surface area contributed by atoms with Crippen LogP contribution < -0.4 is 5.73 Å². The predicted octanol–water partition coefficient (Wildman–Crippen LogP) is 4.33. The molecule has 0 bridgehead atoms. The van der Waals surface area contributed by atoms with Crippen LogP contribution in [0.2, 0.25) is 10.0 Å². The molecule has 0 atom stereocenters. The van der Waals surface area contributed by atoms with Gasteiger partial charge in [0.2, 0.25) is 0 Å². The van der Waals surface area contributed by atoms with E-state index in [2.05, 4.69) is 0 Å². The molecule has 0 aliphatic heterocycles. The van der Waals surface area contributed by atoms with Gasteiger partial charge in [-0.3, -0.25) is 0 Å². The maximum Gasteiger partial charge on any atom is 0.0731 e. The van der Waals surface area contributed by atoms with E-state index in [9.17, 15) is 0 Å². The lowest BCUT2D eigenvalue weighted by Crippen LogP contribution is -2.02. The molecule has 0 saturated carbocycles. The molecular formula is C15H15Cl2NO. The fourth-order valence-electron chi connectivity index (χ4n) is 1.76. The Hall–Kier alpha value is -1.22. The van der Waals surface area contributed by atoms with E-state index in [-0.39, 0.29) is 0 Å². The Bertz CT molecular complexity index is 558. The molecule has 0 aliphatic rings. The molecule has 0 radical (unpaired) electrons. The van der Waals surface area contributed by atoms with E-state index in [1.807, 2.05) is 30.3 Å². The fourth-order valence-corrected chi connectivity index (χ4v) is 2.23. The van der Waals surface area contributed by atoms with E-state index in [4.69, 9.17) is 33.7 Å². The summed E-state index contributed by atoms with van der Waals surface area (Å²) in [6, 6.07) is 13.2. The molecule has 0 amide bonds. The van der Waals surface area contributed by atoms with Crippen molar-refractivity contribution in [3.8, 4) is 0 Å². The fraction of sp³-hybridized carbons (Fsp3) is 0.200. The molecule has 0 spiro atoms. The van der Waals surface area contributed by atoms with Gasteiger partial charge in [0.1, 0.15) is 0 Å². The summed E-state index contributed by atoms with van der Waals surface area (Å²) in [5.41, 5.74) is 8.70. The molecule has 2 N–H and O–H groups in total. The van der Waals surface area contributed by atoms with Gasteiger partial charge in [0, 0.05) is 15.7 Å². The number of rotatable bonds is 5. The van der Waals surface area contributed by atoms with Crippen molar-refractivity contribution < 1.29 is 4.74 Å². The molecule has 0 saturated heterocycles. The lowest BCUT2D eigenvalue weighted by atomic mass is 10.1. The summed E-state index contributed by atoms with van der Waals surface area (Å²) in [6.45, 7) is 1.08. The molecular weight excluding hydrogens is 281 g/mol. The van der Waals surface area contributed by atoms with E-state index >= 15 is 0 Å². The number of nitrogens with two attached hydrogens (primary N) is 1. The van der Waals surface area contributed by atoms with Crippen molar-refractivity contribution >= 4 is 28.9 Å². The molecule has 4 heteroatoms. The second-order valence-corrected chi connectivity index (χ2v) is 5.08. The first kappa shape index (κ1) is 14.2. The normalized spacial score (nSPS) is 10.6. The van der Waals surface area contributed by atoms with Gasteiger partial charge in [-0.25, -0.2) is 0 Å². The lowest BCUT2D eigenvalue weighted by molar-refractivity contribution is 0.124. The van der Waals surface area contributed by atoms with E-state index in [0.29, 0.717) is 23.3 Å². The first-order valence-corrected chi connectivity index (χ1v) is 6.77. The minimum atomic E-state index is 0.475. The van der Waals surface area contributed by atoms with Crippen molar-refractivity contribution in [2.75, 3.05) is 12.3 Å². The molecule has 0 aliphatic carbocycles. The topological polar surface area (TPSA) is 35.2 Å². The monoisotopic (exact) mass is 295 g/mol. The number of halogens is 2. The largest absolute Gasteiger partial charge is 0.399 e. The second kappa shape index (κ2) is 6.80. The summed E-state index contributed by atoms with van der Waals surface area (Å²) in [5, 5.41) is 1.26. The Morgan fingerprint density at radius 2 is 1.79 bits per heavy atom. The Labute approximate surface area is 123 Å². The maximum atomic E-state index is 6.07. The van der Waals surface area contributed by atoms with E-state index in [1.54, 1.807) is 12.1 Å². The average Bonchev–Trinajstić information content (AvgIpc) is 2.38. The summed E-state index contributed by atoms with van der Waals surface area (Å²) in [6.07, 6.45) is 0.790. The maximum absolute atomic E-state index is 6.07. The summed E-state index contributed by atoms with van der Waals surface area (Å²) in [4.78, 5) is 0. The zero-order valence-corrected chi connectivity index (χ0v) is 11.9. The Balaban J connectivity index is 1.83. The standard InChI is InChI=1S/C15H15Cl2NO/c16-13-6-5-12(14(17)9-13)10-19-8-7-11-3-1-2-4-15(11)18/h1-6,9H,7-8,10,18H2. The van der Waals surface area contributed by atoms with Crippen LogP contribution in [0, 0.1) is 0 Å². The minimum absolute atomic E-state index is 0.475. The van der Waals surface area contributed by atoms with Gasteiger partial charge in [-0.05, 0) is 35.7 Å². The van der Waals surface area contributed by atoms with Gasteiger partial charge in [-0.2, -0.15) is 0 Å². The molecule has 2 nitrogen and oxygen atoms in total. The van der Waals surface area contributed by atoms with Crippen LogP contribution in [-0.2, 0) is 17.8 Å². The Kier molecular flexibility index (Phi) is 5.08. The van der Waals surface area contributed by atoms with Gasteiger partial charge in [-0.1, -0.05) is 47.5 Å². The van der Waals surface area contributed by atoms with Crippen LogP contribution in [0.1, 0.15) is 11.1 Å². The van der Waals surface area contributed by atoms with Gasteiger partial charge >= 0.3 is 0 Å². The van der Waals surface area contributed by atoms with Crippen LogP contribution in [0.4, 0.5) is 5.69 Å². The molecule has 100 valence electrons. The highest BCUT2D eigenvalue weighted by Gasteiger charge is 2.02. The average molecular weight is 296 g/mol. The highest BCUT2D eigenvalue weighted by molar-refractivity contribution is 6.35. The zero-order valence-electron chi connectivity index (χ0n) is 10.4. The third kappa shape index (κ3) is 4.13. The van der Waals surface area contributed by atoms with Crippen molar-refractivity contribution in [3.63, 3.8) is 0 Å². The van der Waals surface area contributed by atoms with Crippen LogP contribution in [-0.4, -0.2) is 6.61 Å². The minimum Gasteiger partial charge on any atom is -0.399 e.